The van der Waals surface area contributed by atoms with E-state index >= 15 is 0 Å². The van der Waals surface area contributed by atoms with Gasteiger partial charge in [0.05, 0.1) is 36.2 Å². The second-order valence-electron chi connectivity index (χ2n) is 9.36. The molecule has 9 nitrogen and oxygen atoms in total. The lowest BCUT2D eigenvalue weighted by Crippen LogP contribution is -2.26. The number of hydrogen-bond acceptors (Lipinski definition) is 6. The number of nitrogen functional groups attached to an aromatic ring is 1. The summed E-state index contributed by atoms with van der Waals surface area (Å²) in [6.45, 7) is -0.156. The number of benzene rings is 3. The molecule has 0 bridgehead atoms. The molecule has 1 atom stereocenters. The van der Waals surface area contributed by atoms with Crippen molar-refractivity contribution in [3.63, 3.8) is 0 Å². The van der Waals surface area contributed by atoms with Crippen LogP contribution in [-0.4, -0.2) is 34.8 Å². The lowest BCUT2D eigenvalue weighted by molar-refractivity contribution is 0.0601. The molecular formula is C28H25F2N3O6S. The van der Waals surface area contributed by atoms with Crippen molar-refractivity contribution >= 4 is 45.5 Å². The first-order valence-electron chi connectivity index (χ1n) is 12.3. The van der Waals surface area contributed by atoms with Crippen molar-refractivity contribution < 1.29 is 36.3 Å². The molecular weight excluding hydrogens is 544 g/mol. The maximum Gasteiger partial charge on any atom is 0.340 e. The number of methoxy groups -OCH3 is 1. The van der Waals surface area contributed by atoms with Gasteiger partial charge in [-0.2, -0.15) is 0 Å². The summed E-state index contributed by atoms with van der Waals surface area (Å²) in [5.74, 6) is -2.28. The molecule has 0 radical (unpaired) electrons. The maximum atomic E-state index is 14.7. The van der Waals surface area contributed by atoms with Crippen molar-refractivity contribution in [3.8, 4) is 11.3 Å². The van der Waals surface area contributed by atoms with Crippen molar-refractivity contribution in [1.82, 2.24) is 5.32 Å². The summed E-state index contributed by atoms with van der Waals surface area (Å²) < 4.78 is 62.7. The minimum Gasteiger partial charge on any atom is -0.465 e. The molecule has 1 amide bonds. The van der Waals surface area contributed by atoms with E-state index in [1.54, 1.807) is 6.07 Å². The summed E-state index contributed by atoms with van der Waals surface area (Å²) in [4.78, 5) is 25.1. The van der Waals surface area contributed by atoms with E-state index in [0.29, 0.717) is 22.1 Å². The second-order valence-corrected chi connectivity index (χ2v) is 10.3. The fourth-order valence-corrected chi connectivity index (χ4v) is 5.22. The third-order valence-corrected chi connectivity index (χ3v) is 7.55. The van der Waals surface area contributed by atoms with Crippen LogP contribution in [0.15, 0.2) is 52.9 Å². The predicted molar refractivity (Wildman–Crippen MR) is 146 cm³/mol. The Balaban J connectivity index is 1.65. The highest BCUT2D eigenvalue weighted by molar-refractivity contribution is 7.80. The molecule has 1 saturated carbocycles. The van der Waals surface area contributed by atoms with Gasteiger partial charge >= 0.3 is 5.97 Å². The number of nitrogens with two attached hydrogens (primary N) is 1. The molecule has 4 aromatic rings. The molecule has 0 spiro atoms. The lowest BCUT2D eigenvalue weighted by atomic mass is 9.97. The Morgan fingerprint density at radius 2 is 1.88 bits per heavy atom. The van der Waals surface area contributed by atoms with Crippen molar-refractivity contribution in [1.29, 1.82) is 0 Å². The highest BCUT2D eigenvalue weighted by atomic mass is 32.2. The molecule has 1 aliphatic rings. The molecule has 1 heterocycles. The van der Waals surface area contributed by atoms with Crippen LogP contribution in [0.25, 0.3) is 22.3 Å². The van der Waals surface area contributed by atoms with Gasteiger partial charge in [0.15, 0.2) is 0 Å². The smallest absolute Gasteiger partial charge is 0.340 e. The van der Waals surface area contributed by atoms with Crippen molar-refractivity contribution in [2.75, 3.05) is 24.2 Å². The Morgan fingerprint density at radius 1 is 1.18 bits per heavy atom. The number of nitrogens with zero attached hydrogens (tertiary/aromatic N) is 1. The minimum atomic E-state index is -2.62. The monoisotopic (exact) mass is 569 g/mol. The van der Waals surface area contributed by atoms with E-state index in [-0.39, 0.29) is 35.0 Å². The van der Waals surface area contributed by atoms with Gasteiger partial charge in [0.1, 0.15) is 23.0 Å². The van der Waals surface area contributed by atoms with E-state index in [2.05, 4.69) is 10.1 Å². The van der Waals surface area contributed by atoms with Gasteiger partial charge in [0.2, 0.25) is 0 Å². The number of anilines is 2. The zero-order valence-corrected chi connectivity index (χ0v) is 22.3. The van der Waals surface area contributed by atoms with E-state index in [9.17, 15) is 27.1 Å². The molecule has 1 aliphatic carbocycles. The lowest BCUT2D eigenvalue weighted by Gasteiger charge is -2.23. The number of amides is 1. The van der Waals surface area contributed by atoms with Crippen LogP contribution in [-0.2, 0) is 22.5 Å². The fraction of sp³-hybridized carbons (Fsp3) is 0.214. The normalized spacial score (nSPS) is 13.7. The molecule has 1 fully saturated rings. The topological polar surface area (TPSA) is 135 Å². The number of fused-ring (bicyclic) bond motifs is 1. The van der Waals surface area contributed by atoms with Crippen LogP contribution in [0, 0.1) is 11.6 Å². The van der Waals surface area contributed by atoms with Gasteiger partial charge in [-0.3, -0.25) is 13.7 Å². The maximum absolute atomic E-state index is 14.7. The van der Waals surface area contributed by atoms with Crippen LogP contribution < -0.4 is 15.4 Å². The van der Waals surface area contributed by atoms with Crippen LogP contribution in [0.3, 0.4) is 0 Å². The Bertz CT molecular complexity index is 1670. The quantitative estimate of drug-likeness (QED) is 0.152. The van der Waals surface area contributed by atoms with Crippen LogP contribution in [0.2, 0.25) is 0 Å². The predicted octanol–water partition coefficient (Wildman–Crippen LogP) is 5.13. The first-order chi connectivity index (χ1) is 19.1. The zero-order chi connectivity index (χ0) is 28.7. The molecule has 4 N–H and O–H groups in total. The molecule has 0 saturated heterocycles. The Kier molecular flexibility index (Phi) is 7.30. The number of halogens is 2. The number of rotatable bonds is 8. The summed E-state index contributed by atoms with van der Waals surface area (Å²) in [6, 6.07) is 11.2. The SMILES string of the molecule is CNC(=O)c1c(-c2ccc(F)cc2)oc2cc(CN(c3cc(F)c(N)c(C(=O)OC)c3)S(=O)O)c(C3CC3)cc12. The van der Waals surface area contributed by atoms with Crippen LogP contribution in [0.4, 0.5) is 20.2 Å². The first-order valence-corrected chi connectivity index (χ1v) is 13.3. The largest absolute Gasteiger partial charge is 0.465 e. The molecule has 40 heavy (non-hydrogen) atoms. The minimum absolute atomic E-state index is 0.0627. The molecule has 1 aromatic heterocycles. The van der Waals surface area contributed by atoms with E-state index in [1.165, 1.54) is 37.4 Å². The van der Waals surface area contributed by atoms with E-state index < -0.39 is 40.5 Å². The van der Waals surface area contributed by atoms with Gasteiger partial charge < -0.3 is 20.2 Å². The van der Waals surface area contributed by atoms with Crippen molar-refractivity contribution in [2.45, 2.75) is 25.3 Å². The zero-order valence-electron chi connectivity index (χ0n) is 21.5. The number of carbonyl (C=O) groups is 2. The summed E-state index contributed by atoms with van der Waals surface area (Å²) in [5.41, 5.74) is 7.47. The van der Waals surface area contributed by atoms with Gasteiger partial charge in [-0.05, 0) is 72.4 Å². The highest BCUT2D eigenvalue weighted by Crippen LogP contribution is 2.45. The Hall–Kier alpha value is -4.29. The second kappa shape index (κ2) is 10.7. The summed E-state index contributed by atoms with van der Waals surface area (Å²) in [7, 11) is 2.61. The van der Waals surface area contributed by atoms with Gasteiger partial charge in [-0.25, -0.2) is 17.8 Å². The first kappa shape index (κ1) is 27.3. The molecule has 1 unspecified atom stereocenters. The van der Waals surface area contributed by atoms with E-state index in [0.717, 1.165) is 35.9 Å². The summed E-state index contributed by atoms with van der Waals surface area (Å²) >= 11 is -2.62. The molecule has 12 heteroatoms. The van der Waals surface area contributed by atoms with Gasteiger partial charge in [-0.15, -0.1) is 0 Å². The average Bonchev–Trinajstić information content (AvgIpc) is 3.72. The van der Waals surface area contributed by atoms with Gasteiger partial charge in [-0.1, -0.05) is 0 Å². The number of nitrogens with one attached hydrogen (secondary N) is 1. The molecule has 5 rings (SSSR count). The van der Waals surface area contributed by atoms with Crippen molar-refractivity contribution in [3.05, 3.63) is 82.4 Å². The van der Waals surface area contributed by atoms with Gasteiger partial charge in [0, 0.05) is 24.1 Å². The van der Waals surface area contributed by atoms with Crippen molar-refractivity contribution in [2.24, 2.45) is 0 Å². The number of ether oxygens (including phenoxy) is 1. The van der Waals surface area contributed by atoms with Crippen LogP contribution in [0.1, 0.15) is 50.6 Å². The molecule has 3 aromatic carbocycles. The number of esters is 1. The summed E-state index contributed by atoms with van der Waals surface area (Å²) in [5, 5.41) is 3.15. The number of carbonyl (C=O) groups excluding carboxylic acids is 2. The molecule has 0 aliphatic heterocycles. The van der Waals surface area contributed by atoms with E-state index in [4.69, 9.17) is 10.2 Å². The standard InChI is InChI=1S/C28H25F2N3O6S/c1-32-27(34)24-20-12-19(14-3-4-14)16(9-23(20)39-26(24)15-5-7-17(29)8-6-15)13-33(40(36)37)18-10-21(28(35)38-2)25(31)22(30)11-18/h5-12,14H,3-4,13,31H2,1-2H3,(H,32,34)(H,36,37). The third kappa shape index (κ3) is 5.03. The fourth-order valence-electron chi connectivity index (χ4n) is 4.69. The average molecular weight is 570 g/mol. The number of hydrogen-bond donors (Lipinski definition) is 3. The molecule has 208 valence electrons. The Morgan fingerprint density at radius 3 is 2.48 bits per heavy atom. The summed E-state index contributed by atoms with van der Waals surface area (Å²) in [6.07, 6.45) is 1.75. The van der Waals surface area contributed by atoms with E-state index in [1.807, 2.05) is 6.07 Å². The van der Waals surface area contributed by atoms with Crippen LogP contribution >= 0.6 is 0 Å². The Labute approximate surface area is 230 Å². The third-order valence-electron chi connectivity index (χ3n) is 6.84. The number of furan rings is 1. The van der Waals surface area contributed by atoms with Crippen LogP contribution in [0.5, 0.6) is 0 Å². The van der Waals surface area contributed by atoms with Gasteiger partial charge in [0.25, 0.3) is 17.2 Å². The highest BCUT2D eigenvalue weighted by Gasteiger charge is 2.31.